The molecule has 2 atom stereocenters. The third-order valence-electron chi connectivity index (χ3n) is 4.22. The predicted molar refractivity (Wildman–Crippen MR) is 71.1 cm³/mol. The summed E-state index contributed by atoms with van der Waals surface area (Å²) in [6.45, 7) is 5.19. The Hall–Kier alpha value is -0.0900. The first kappa shape index (κ1) is 13.3. The molecule has 0 radical (unpaired) electrons. The Bertz CT molecular complexity index is 313. The van der Waals surface area contributed by atoms with E-state index in [1.165, 1.54) is 6.42 Å². The Morgan fingerprint density at radius 2 is 2.12 bits per heavy atom. The van der Waals surface area contributed by atoms with Gasteiger partial charge in [0.1, 0.15) is 0 Å². The fourth-order valence-corrected chi connectivity index (χ4v) is 3.38. The first-order valence-electron chi connectivity index (χ1n) is 6.54. The number of alkyl halides is 1. The second kappa shape index (κ2) is 4.54. The highest BCUT2D eigenvalue weighted by molar-refractivity contribution is 9.10. The van der Waals surface area contributed by atoms with Gasteiger partial charge in [0.2, 0.25) is 5.91 Å². The standard InChI is InChI=1S/C13H22BrNO2/c1-12(2,14)11(16)15-8-7-13(17)6-4-3-5-10(13)9-15/h10,17H,3-9H2,1-2H3. The molecule has 17 heavy (non-hydrogen) atoms. The molecule has 1 N–H and O–H groups in total. The maximum Gasteiger partial charge on any atom is 0.238 e. The minimum absolute atomic E-state index is 0.144. The quantitative estimate of drug-likeness (QED) is 0.755. The molecule has 1 saturated carbocycles. The van der Waals surface area contributed by atoms with E-state index in [1.54, 1.807) is 0 Å². The van der Waals surface area contributed by atoms with Crippen LogP contribution >= 0.6 is 15.9 Å². The molecule has 1 saturated heterocycles. The first-order chi connectivity index (χ1) is 7.83. The van der Waals surface area contributed by atoms with Gasteiger partial charge in [-0.3, -0.25) is 4.79 Å². The number of hydrogen-bond acceptors (Lipinski definition) is 2. The van der Waals surface area contributed by atoms with Gasteiger partial charge in [0.25, 0.3) is 0 Å². The van der Waals surface area contributed by atoms with E-state index in [1.807, 2.05) is 18.7 Å². The molecule has 1 amide bonds. The average molecular weight is 304 g/mol. The van der Waals surface area contributed by atoms with Gasteiger partial charge in [0.05, 0.1) is 9.93 Å². The summed E-state index contributed by atoms with van der Waals surface area (Å²) in [7, 11) is 0. The van der Waals surface area contributed by atoms with E-state index in [4.69, 9.17) is 0 Å². The molecular formula is C13H22BrNO2. The molecule has 0 spiro atoms. The third-order valence-corrected chi connectivity index (χ3v) is 4.56. The number of nitrogens with zero attached hydrogens (tertiary/aromatic N) is 1. The number of fused-ring (bicyclic) bond motifs is 1. The summed E-state index contributed by atoms with van der Waals surface area (Å²) < 4.78 is -0.489. The SMILES string of the molecule is CC(C)(Br)C(=O)N1CCC2(O)CCCCC2C1. The first-order valence-corrected chi connectivity index (χ1v) is 7.33. The lowest BCUT2D eigenvalue weighted by Crippen LogP contribution is -2.56. The molecule has 2 unspecified atom stereocenters. The molecule has 2 aliphatic rings. The van der Waals surface area contributed by atoms with Crippen molar-refractivity contribution in [1.29, 1.82) is 0 Å². The molecule has 98 valence electrons. The maximum atomic E-state index is 12.2. The van der Waals surface area contributed by atoms with Crippen molar-refractivity contribution in [1.82, 2.24) is 4.90 Å². The van der Waals surface area contributed by atoms with Gasteiger partial charge < -0.3 is 10.0 Å². The summed E-state index contributed by atoms with van der Waals surface area (Å²) in [6, 6.07) is 0. The highest BCUT2D eigenvalue weighted by atomic mass is 79.9. The number of carbonyl (C=O) groups excluding carboxylic acids is 1. The van der Waals surface area contributed by atoms with Crippen molar-refractivity contribution in [3.8, 4) is 0 Å². The molecule has 2 fully saturated rings. The van der Waals surface area contributed by atoms with Crippen LogP contribution in [-0.4, -0.2) is 38.9 Å². The van der Waals surface area contributed by atoms with Gasteiger partial charge in [-0.2, -0.15) is 0 Å². The van der Waals surface area contributed by atoms with E-state index in [0.717, 1.165) is 32.2 Å². The molecule has 0 bridgehead atoms. The summed E-state index contributed by atoms with van der Waals surface area (Å²) in [5.74, 6) is 0.425. The van der Waals surface area contributed by atoms with Gasteiger partial charge in [-0.05, 0) is 33.1 Å². The van der Waals surface area contributed by atoms with Gasteiger partial charge in [-0.15, -0.1) is 0 Å². The van der Waals surface area contributed by atoms with Crippen LogP contribution < -0.4 is 0 Å². The van der Waals surface area contributed by atoms with Crippen molar-refractivity contribution >= 4 is 21.8 Å². The van der Waals surface area contributed by atoms with Crippen molar-refractivity contribution in [2.75, 3.05) is 13.1 Å². The normalized spacial score (nSPS) is 34.4. The van der Waals surface area contributed by atoms with Crippen molar-refractivity contribution in [3.63, 3.8) is 0 Å². The monoisotopic (exact) mass is 303 g/mol. The Balaban J connectivity index is 2.05. The fourth-order valence-electron chi connectivity index (χ4n) is 3.13. The van der Waals surface area contributed by atoms with E-state index in [0.29, 0.717) is 6.54 Å². The van der Waals surface area contributed by atoms with Gasteiger partial charge in [0.15, 0.2) is 0 Å². The molecule has 1 aliphatic heterocycles. The van der Waals surface area contributed by atoms with Crippen LogP contribution in [0, 0.1) is 5.92 Å². The highest BCUT2D eigenvalue weighted by Crippen LogP contribution is 2.40. The van der Waals surface area contributed by atoms with Gasteiger partial charge in [0, 0.05) is 19.0 Å². The number of amides is 1. The number of carbonyl (C=O) groups is 1. The fraction of sp³-hybridized carbons (Fsp3) is 0.923. The van der Waals surface area contributed by atoms with Crippen LogP contribution in [0.1, 0.15) is 46.0 Å². The Labute approximate surface area is 112 Å². The summed E-state index contributed by atoms with van der Waals surface area (Å²) in [4.78, 5) is 14.1. The predicted octanol–water partition coefficient (Wildman–Crippen LogP) is 2.31. The van der Waals surface area contributed by atoms with E-state index >= 15 is 0 Å². The lowest BCUT2D eigenvalue weighted by Gasteiger charge is -2.48. The van der Waals surface area contributed by atoms with E-state index in [-0.39, 0.29) is 11.8 Å². The number of aliphatic hydroxyl groups is 1. The Morgan fingerprint density at radius 3 is 2.76 bits per heavy atom. The Kier molecular flexibility index (Phi) is 3.56. The smallest absolute Gasteiger partial charge is 0.238 e. The van der Waals surface area contributed by atoms with Crippen LogP contribution in [0.25, 0.3) is 0 Å². The van der Waals surface area contributed by atoms with Crippen LogP contribution in [0.2, 0.25) is 0 Å². The second-order valence-electron chi connectivity index (χ2n) is 6.02. The van der Waals surface area contributed by atoms with Gasteiger partial charge in [-0.1, -0.05) is 28.8 Å². The van der Waals surface area contributed by atoms with Crippen molar-refractivity contribution in [2.45, 2.75) is 55.9 Å². The average Bonchev–Trinajstić information content (AvgIpc) is 2.25. The molecule has 0 aromatic carbocycles. The number of hydrogen-bond donors (Lipinski definition) is 1. The van der Waals surface area contributed by atoms with Crippen molar-refractivity contribution in [2.24, 2.45) is 5.92 Å². The molecule has 0 aromatic rings. The molecule has 1 aliphatic carbocycles. The van der Waals surface area contributed by atoms with E-state index in [2.05, 4.69) is 15.9 Å². The second-order valence-corrected chi connectivity index (χ2v) is 8.00. The number of halogens is 1. The number of rotatable bonds is 1. The summed E-state index contributed by atoms with van der Waals surface area (Å²) in [6.07, 6.45) is 5.03. The van der Waals surface area contributed by atoms with Gasteiger partial charge in [-0.25, -0.2) is 0 Å². The maximum absolute atomic E-state index is 12.2. The summed E-state index contributed by atoms with van der Waals surface area (Å²) in [5.41, 5.74) is -0.495. The summed E-state index contributed by atoms with van der Waals surface area (Å²) in [5, 5.41) is 10.5. The lowest BCUT2D eigenvalue weighted by molar-refractivity contribution is -0.144. The molecule has 4 heteroatoms. The largest absolute Gasteiger partial charge is 0.389 e. The molecule has 1 heterocycles. The molecular weight excluding hydrogens is 282 g/mol. The van der Waals surface area contributed by atoms with Crippen LogP contribution in [0.15, 0.2) is 0 Å². The van der Waals surface area contributed by atoms with Gasteiger partial charge >= 0.3 is 0 Å². The minimum Gasteiger partial charge on any atom is -0.389 e. The van der Waals surface area contributed by atoms with Crippen LogP contribution in [0.5, 0.6) is 0 Å². The van der Waals surface area contributed by atoms with Crippen molar-refractivity contribution in [3.05, 3.63) is 0 Å². The van der Waals surface area contributed by atoms with E-state index in [9.17, 15) is 9.90 Å². The van der Waals surface area contributed by atoms with E-state index < -0.39 is 9.93 Å². The highest BCUT2D eigenvalue weighted by Gasteiger charge is 2.45. The zero-order valence-corrected chi connectivity index (χ0v) is 12.3. The van der Waals surface area contributed by atoms with Crippen LogP contribution in [0.4, 0.5) is 0 Å². The third kappa shape index (κ3) is 2.68. The molecule has 2 rings (SSSR count). The molecule has 0 aromatic heterocycles. The van der Waals surface area contributed by atoms with Crippen molar-refractivity contribution < 1.29 is 9.90 Å². The lowest BCUT2D eigenvalue weighted by atomic mass is 9.71. The Morgan fingerprint density at radius 1 is 1.41 bits per heavy atom. The van der Waals surface area contributed by atoms with Crippen LogP contribution in [0.3, 0.4) is 0 Å². The zero-order chi connectivity index (χ0) is 12.7. The summed E-state index contributed by atoms with van der Waals surface area (Å²) >= 11 is 3.43. The van der Waals surface area contributed by atoms with Crippen LogP contribution in [-0.2, 0) is 4.79 Å². The molecule has 3 nitrogen and oxygen atoms in total. The zero-order valence-electron chi connectivity index (χ0n) is 10.7. The number of likely N-dealkylation sites (tertiary alicyclic amines) is 1. The topological polar surface area (TPSA) is 40.5 Å². The minimum atomic E-state index is -0.495. The number of piperidine rings is 1.